The van der Waals surface area contributed by atoms with E-state index in [1.807, 2.05) is 36.0 Å². The summed E-state index contributed by atoms with van der Waals surface area (Å²) in [6, 6.07) is 5.37. The SMILES string of the molecule is CCC[C@H](NC(=O)Nc1ccc2ncsc2c1)c1nccn1C. The Kier molecular flexibility index (Phi) is 4.57. The molecule has 0 aliphatic rings. The normalized spacial score (nSPS) is 12.3. The molecule has 1 atom stereocenters. The lowest BCUT2D eigenvalue weighted by Gasteiger charge is -2.18. The van der Waals surface area contributed by atoms with Gasteiger partial charge in [0.2, 0.25) is 0 Å². The molecule has 0 aliphatic heterocycles. The van der Waals surface area contributed by atoms with Crippen molar-refractivity contribution in [1.29, 1.82) is 0 Å². The standard InChI is InChI=1S/C16H19N5OS/c1-3-4-13(15-17-7-8-21(15)2)20-16(22)19-11-5-6-12-14(9-11)23-10-18-12/h5-10,13H,3-4H2,1-2H3,(H2,19,20,22)/t13-/m0/s1. The number of hydrogen-bond donors (Lipinski definition) is 2. The number of urea groups is 1. The smallest absolute Gasteiger partial charge is 0.319 e. The number of benzene rings is 1. The molecular weight excluding hydrogens is 310 g/mol. The van der Waals surface area contributed by atoms with Crippen LogP contribution in [0.2, 0.25) is 0 Å². The summed E-state index contributed by atoms with van der Waals surface area (Å²) < 4.78 is 2.99. The van der Waals surface area contributed by atoms with Crippen molar-refractivity contribution in [1.82, 2.24) is 19.9 Å². The Hall–Kier alpha value is -2.41. The number of rotatable bonds is 5. The van der Waals surface area contributed by atoms with E-state index >= 15 is 0 Å². The van der Waals surface area contributed by atoms with Crippen LogP contribution < -0.4 is 10.6 Å². The Morgan fingerprint density at radius 1 is 1.39 bits per heavy atom. The minimum Gasteiger partial charge on any atom is -0.336 e. The predicted octanol–water partition coefficient (Wildman–Crippen LogP) is 3.69. The van der Waals surface area contributed by atoms with Gasteiger partial charge in [0, 0.05) is 25.1 Å². The number of hydrogen-bond acceptors (Lipinski definition) is 4. The van der Waals surface area contributed by atoms with E-state index in [2.05, 4.69) is 27.5 Å². The summed E-state index contributed by atoms with van der Waals surface area (Å²) in [6.07, 6.45) is 5.43. The number of carbonyl (C=O) groups is 1. The first-order valence-corrected chi connectivity index (χ1v) is 8.43. The number of fused-ring (bicyclic) bond motifs is 1. The van der Waals surface area contributed by atoms with Crippen molar-refractivity contribution in [3.63, 3.8) is 0 Å². The Balaban J connectivity index is 1.70. The van der Waals surface area contributed by atoms with Gasteiger partial charge in [0.15, 0.2) is 0 Å². The third kappa shape index (κ3) is 3.50. The number of nitrogens with zero attached hydrogens (tertiary/aromatic N) is 3. The Bertz CT molecular complexity index is 810. The van der Waals surface area contributed by atoms with Gasteiger partial charge in [0.1, 0.15) is 5.82 Å². The van der Waals surface area contributed by atoms with Crippen molar-refractivity contribution < 1.29 is 4.79 Å². The van der Waals surface area contributed by atoms with Crippen molar-refractivity contribution in [2.75, 3.05) is 5.32 Å². The molecule has 3 aromatic rings. The molecule has 120 valence electrons. The van der Waals surface area contributed by atoms with Crippen LogP contribution in [0, 0.1) is 0 Å². The first-order chi connectivity index (χ1) is 11.2. The molecule has 0 aliphatic carbocycles. The van der Waals surface area contributed by atoms with Gasteiger partial charge in [-0.25, -0.2) is 14.8 Å². The predicted molar refractivity (Wildman–Crippen MR) is 92.6 cm³/mol. The lowest BCUT2D eigenvalue weighted by Crippen LogP contribution is -2.33. The molecule has 23 heavy (non-hydrogen) atoms. The zero-order valence-electron chi connectivity index (χ0n) is 13.1. The van der Waals surface area contributed by atoms with Gasteiger partial charge in [-0.05, 0) is 24.6 Å². The Morgan fingerprint density at radius 3 is 3.00 bits per heavy atom. The molecule has 3 rings (SSSR count). The second kappa shape index (κ2) is 6.78. The van der Waals surface area contributed by atoms with Crippen molar-refractivity contribution in [3.8, 4) is 0 Å². The van der Waals surface area contributed by atoms with E-state index in [-0.39, 0.29) is 12.1 Å². The van der Waals surface area contributed by atoms with E-state index in [0.29, 0.717) is 0 Å². The van der Waals surface area contributed by atoms with Crippen molar-refractivity contribution in [2.24, 2.45) is 7.05 Å². The number of thiazole rings is 1. The van der Waals surface area contributed by atoms with Gasteiger partial charge in [-0.1, -0.05) is 13.3 Å². The van der Waals surface area contributed by atoms with Gasteiger partial charge in [-0.3, -0.25) is 0 Å². The lowest BCUT2D eigenvalue weighted by molar-refractivity contribution is 0.247. The number of carbonyl (C=O) groups excluding carboxylic acids is 1. The van der Waals surface area contributed by atoms with Crippen LogP contribution in [0.4, 0.5) is 10.5 Å². The highest BCUT2D eigenvalue weighted by atomic mass is 32.1. The number of amides is 2. The van der Waals surface area contributed by atoms with E-state index in [9.17, 15) is 4.79 Å². The molecule has 0 bridgehead atoms. The summed E-state index contributed by atoms with van der Waals surface area (Å²) in [5.74, 6) is 0.861. The van der Waals surface area contributed by atoms with E-state index in [4.69, 9.17) is 0 Å². The highest BCUT2D eigenvalue weighted by Crippen LogP contribution is 2.22. The fourth-order valence-electron chi connectivity index (χ4n) is 2.53. The van der Waals surface area contributed by atoms with Crippen molar-refractivity contribution in [2.45, 2.75) is 25.8 Å². The van der Waals surface area contributed by atoms with Gasteiger partial charge in [-0.2, -0.15) is 0 Å². The molecule has 0 saturated carbocycles. The summed E-state index contributed by atoms with van der Waals surface area (Å²) in [5.41, 5.74) is 3.50. The minimum atomic E-state index is -0.227. The van der Waals surface area contributed by atoms with Crippen LogP contribution in [-0.4, -0.2) is 20.6 Å². The molecule has 2 aromatic heterocycles. The molecule has 1 aromatic carbocycles. The van der Waals surface area contributed by atoms with E-state index < -0.39 is 0 Å². The van der Waals surface area contributed by atoms with Crippen LogP contribution in [0.1, 0.15) is 31.6 Å². The maximum atomic E-state index is 12.3. The zero-order chi connectivity index (χ0) is 16.2. The average Bonchev–Trinajstić information content (AvgIpc) is 3.14. The van der Waals surface area contributed by atoms with E-state index in [0.717, 1.165) is 34.6 Å². The third-order valence-corrected chi connectivity index (χ3v) is 4.43. The van der Waals surface area contributed by atoms with Crippen LogP contribution in [0.15, 0.2) is 36.1 Å². The molecule has 0 unspecified atom stereocenters. The maximum Gasteiger partial charge on any atom is 0.319 e. The third-order valence-electron chi connectivity index (χ3n) is 3.64. The second-order valence-electron chi connectivity index (χ2n) is 5.37. The molecule has 0 saturated heterocycles. The fraction of sp³-hybridized carbons (Fsp3) is 0.312. The van der Waals surface area contributed by atoms with Crippen LogP contribution in [0.25, 0.3) is 10.2 Å². The first kappa shape index (κ1) is 15.5. The van der Waals surface area contributed by atoms with Crippen LogP contribution in [0.3, 0.4) is 0 Å². The van der Waals surface area contributed by atoms with Crippen LogP contribution in [-0.2, 0) is 7.05 Å². The Morgan fingerprint density at radius 2 is 2.26 bits per heavy atom. The fourth-order valence-corrected chi connectivity index (χ4v) is 3.24. The molecule has 2 heterocycles. The van der Waals surface area contributed by atoms with Gasteiger partial charge in [-0.15, -0.1) is 11.3 Å². The zero-order valence-corrected chi connectivity index (χ0v) is 13.9. The van der Waals surface area contributed by atoms with E-state index in [1.54, 1.807) is 23.0 Å². The highest BCUT2D eigenvalue weighted by molar-refractivity contribution is 7.16. The molecule has 6 nitrogen and oxygen atoms in total. The minimum absolute atomic E-state index is 0.105. The molecule has 0 fully saturated rings. The maximum absolute atomic E-state index is 12.3. The molecule has 0 radical (unpaired) electrons. The van der Waals surface area contributed by atoms with Crippen LogP contribution in [0.5, 0.6) is 0 Å². The van der Waals surface area contributed by atoms with Gasteiger partial charge in [0.05, 0.1) is 21.8 Å². The second-order valence-corrected chi connectivity index (χ2v) is 6.26. The molecule has 2 N–H and O–H groups in total. The first-order valence-electron chi connectivity index (χ1n) is 7.55. The highest BCUT2D eigenvalue weighted by Gasteiger charge is 2.17. The molecule has 0 spiro atoms. The summed E-state index contributed by atoms with van der Waals surface area (Å²) >= 11 is 1.55. The topological polar surface area (TPSA) is 71.8 Å². The number of imidazole rings is 1. The number of anilines is 1. The Labute approximate surface area is 138 Å². The summed E-state index contributed by atoms with van der Waals surface area (Å²) in [6.45, 7) is 2.09. The van der Waals surface area contributed by atoms with Crippen molar-refractivity contribution >= 4 is 33.3 Å². The van der Waals surface area contributed by atoms with Gasteiger partial charge >= 0.3 is 6.03 Å². The monoisotopic (exact) mass is 329 g/mol. The molecule has 7 heteroatoms. The quantitative estimate of drug-likeness (QED) is 0.750. The number of nitrogens with one attached hydrogen (secondary N) is 2. The van der Waals surface area contributed by atoms with Gasteiger partial charge in [0.25, 0.3) is 0 Å². The largest absolute Gasteiger partial charge is 0.336 e. The van der Waals surface area contributed by atoms with Crippen LogP contribution >= 0.6 is 11.3 Å². The summed E-state index contributed by atoms with van der Waals surface area (Å²) in [4.78, 5) is 20.9. The summed E-state index contributed by atoms with van der Waals surface area (Å²) in [5, 5.41) is 5.89. The summed E-state index contributed by atoms with van der Waals surface area (Å²) in [7, 11) is 1.93. The molecule has 2 amide bonds. The lowest BCUT2D eigenvalue weighted by atomic mass is 10.1. The molecular formula is C16H19N5OS. The van der Waals surface area contributed by atoms with Crippen molar-refractivity contribution in [3.05, 3.63) is 41.9 Å². The van der Waals surface area contributed by atoms with E-state index in [1.165, 1.54) is 0 Å². The number of aromatic nitrogens is 3. The number of aryl methyl sites for hydroxylation is 1. The van der Waals surface area contributed by atoms with Gasteiger partial charge < -0.3 is 15.2 Å². The average molecular weight is 329 g/mol.